The van der Waals surface area contributed by atoms with Crippen LogP contribution in [0.1, 0.15) is 35.6 Å². The van der Waals surface area contributed by atoms with E-state index < -0.39 is 12.1 Å². The molecule has 0 spiro atoms. The highest BCUT2D eigenvalue weighted by atomic mass is 35.5. The van der Waals surface area contributed by atoms with E-state index >= 15 is 0 Å². The van der Waals surface area contributed by atoms with E-state index in [0.717, 1.165) is 36.0 Å². The summed E-state index contributed by atoms with van der Waals surface area (Å²) >= 11 is 6.35. The van der Waals surface area contributed by atoms with Crippen LogP contribution < -0.4 is 0 Å². The molecule has 2 saturated heterocycles. The molecule has 0 aliphatic carbocycles. The first-order valence-corrected chi connectivity index (χ1v) is 10.2. The van der Waals surface area contributed by atoms with E-state index in [1.54, 1.807) is 0 Å². The van der Waals surface area contributed by atoms with Gasteiger partial charge < -0.3 is 19.5 Å². The van der Waals surface area contributed by atoms with E-state index in [4.69, 9.17) is 21.1 Å². The Kier molecular flexibility index (Phi) is 5.75. The molecular weight excluding hydrogens is 384 g/mol. The predicted octanol–water partition coefficient (Wildman–Crippen LogP) is 2.70. The summed E-state index contributed by atoms with van der Waals surface area (Å²) in [6.45, 7) is 3.43. The summed E-state index contributed by atoms with van der Waals surface area (Å²) in [4.78, 5) is 28.1. The molecule has 0 aromatic heterocycles. The Morgan fingerprint density at radius 2 is 1.89 bits per heavy atom. The maximum atomic E-state index is 13.0. The first-order chi connectivity index (χ1) is 13.5. The number of morpholine rings is 1. The number of carbonyl (C=O) groups excluding carboxylic acids is 1. The van der Waals surface area contributed by atoms with Crippen molar-refractivity contribution in [3.8, 4) is 0 Å². The minimum atomic E-state index is -0.965. The fraction of sp³-hybridized carbons (Fsp3) is 0.600. The third-order valence-electron chi connectivity index (χ3n) is 5.96. The van der Waals surface area contributed by atoms with E-state index in [-0.39, 0.29) is 11.8 Å². The first-order valence-electron chi connectivity index (χ1n) is 9.79. The Morgan fingerprint density at radius 1 is 1.11 bits per heavy atom. The molecule has 0 radical (unpaired) electrons. The zero-order valence-corrected chi connectivity index (χ0v) is 16.5. The van der Waals surface area contributed by atoms with Gasteiger partial charge in [-0.2, -0.15) is 0 Å². The first kappa shape index (κ1) is 19.5. The van der Waals surface area contributed by atoms with E-state index in [2.05, 4.69) is 0 Å². The van der Waals surface area contributed by atoms with Gasteiger partial charge in [-0.25, -0.2) is 4.79 Å². The molecule has 152 valence electrons. The largest absolute Gasteiger partial charge is 0.465 e. The fourth-order valence-electron chi connectivity index (χ4n) is 4.44. The number of hydrogen-bond acceptors (Lipinski definition) is 4. The number of amides is 2. The predicted molar refractivity (Wildman–Crippen MR) is 102 cm³/mol. The molecule has 0 unspecified atom stereocenters. The van der Waals surface area contributed by atoms with Crippen LogP contribution in [0.4, 0.5) is 4.79 Å². The monoisotopic (exact) mass is 408 g/mol. The number of carboxylic acid groups (broad SMARTS) is 1. The minimum absolute atomic E-state index is 0.0135. The zero-order valence-electron chi connectivity index (χ0n) is 15.7. The Balaban J connectivity index is 1.63. The number of benzene rings is 1. The van der Waals surface area contributed by atoms with E-state index in [0.29, 0.717) is 51.1 Å². The van der Waals surface area contributed by atoms with Crippen LogP contribution in [0.15, 0.2) is 12.1 Å². The minimum Gasteiger partial charge on any atom is -0.465 e. The van der Waals surface area contributed by atoms with Gasteiger partial charge in [0, 0.05) is 43.8 Å². The topological polar surface area (TPSA) is 79.3 Å². The maximum Gasteiger partial charge on any atom is 0.407 e. The molecule has 0 bridgehead atoms. The third-order valence-corrected chi connectivity index (χ3v) is 6.18. The number of ether oxygens (including phenoxy) is 2. The summed E-state index contributed by atoms with van der Waals surface area (Å²) < 4.78 is 11.0. The van der Waals surface area contributed by atoms with Crippen molar-refractivity contribution in [2.24, 2.45) is 5.92 Å². The van der Waals surface area contributed by atoms with E-state index in [9.17, 15) is 14.7 Å². The van der Waals surface area contributed by atoms with Crippen molar-refractivity contribution in [3.63, 3.8) is 0 Å². The lowest BCUT2D eigenvalue weighted by atomic mass is 9.89. The molecule has 0 saturated carbocycles. The Labute approximate surface area is 169 Å². The van der Waals surface area contributed by atoms with Crippen molar-refractivity contribution >= 4 is 23.6 Å². The van der Waals surface area contributed by atoms with Gasteiger partial charge in [-0.05, 0) is 48.1 Å². The summed E-state index contributed by atoms with van der Waals surface area (Å²) in [5.74, 6) is 0.185. The molecule has 2 fully saturated rings. The molecular formula is C20H25ClN2O5. The molecule has 1 atom stereocenters. The van der Waals surface area contributed by atoms with Gasteiger partial charge in [0.15, 0.2) is 0 Å². The molecule has 28 heavy (non-hydrogen) atoms. The lowest BCUT2D eigenvalue weighted by Crippen LogP contribution is -2.45. The van der Waals surface area contributed by atoms with Gasteiger partial charge in [0.05, 0.1) is 19.3 Å². The number of halogens is 1. The third kappa shape index (κ3) is 3.83. The molecule has 4 rings (SSSR count). The Hall–Kier alpha value is -1.83. The highest BCUT2D eigenvalue weighted by Gasteiger charge is 2.34. The second kappa shape index (κ2) is 8.27. The average molecular weight is 409 g/mol. The van der Waals surface area contributed by atoms with Crippen molar-refractivity contribution in [1.29, 1.82) is 0 Å². The van der Waals surface area contributed by atoms with Crippen LogP contribution in [0.2, 0.25) is 5.02 Å². The summed E-state index contributed by atoms with van der Waals surface area (Å²) in [6.07, 6.45) is 1.28. The number of hydrogen-bond donors (Lipinski definition) is 1. The van der Waals surface area contributed by atoms with Gasteiger partial charge in [0.25, 0.3) is 0 Å². The zero-order chi connectivity index (χ0) is 19.7. The fourth-order valence-corrected chi connectivity index (χ4v) is 4.69. The smallest absolute Gasteiger partial charge is 0.407 e. The summed E-state index contributed by atoms with van der Waals surface area (Å²) in [7, 11) is 0. The number of nitrogens with zero attached hydrogens (tertiary/aromatic N) is 2. The second-order valence-corrected chi connectivity index (χ2v) is 8.03. The normalized spacial score (nSPS) is 23.4. The molecule has 1 aromatic rings. The Morgan fingerprint density at radius 3 is 2.64 bits per heavy atom. The van der Waals surface area contributed by atoms with Crippen LogP contribution in [0.5, 0.6) is 0 Å². The molecule has 2 amide bonds. The molecule has 1 N–H and O–H groups in total. The van der Waals surface area contributed by atoms with Crippen LogP contribution in [-0.4, -0.2) is 66.4 Å². The molecule has 8 heteroatoms. The second-order valence-electron chi connectivity index (χ2n) is 7.60. The maximum absolute atomic E-state index is 13.0. The van der Waals surface area contributed by atoms with Crippen molar-refractivity contribution < 1.29 is 24.2 Å². The van der Waals surface area contributed by atoms with Gasteiger partial charge in [-0.3, -0.25) is 9.69 Å². The SMILES string of the molecule is O=C(C1CCOCC1)N1CCc2cc(Cl)cc([C@@H]3COCCN3C(=O)O)c2C1. The molecule has 7 nitrogen and oxygen atoms in total. The quantitative estimate of drug-likeness (QED) is 0.813. The van der Waals surface area contributed by atoms with Gasteiger partial charge in [0.2, 0.25) is 5.91 Å². The molecule has 3 heterocycles. The molecule has 3 aliphatic rings. The lowest BCUT2D eigenvalue weighted by molar-refractivity contribution is -0.139. The number of rotatable bonds is 2. The van der Waals surface area contributed by atoms with Crippen LogP contribution >= 0.6 is 11.6 Å². The lowest BCUT2D eigenvalue weighted by Gasteiger charge is -2.38. The van der Waals surface area contributed by atoms with Gasteiger partial charge in [-0.15, -0.1) is 0 Å². The van der Waals surface area contributed by atoms with Crippen LogP contribution in [0.3, 0.4) is 0 Å². The van der Waals surface area contributed by atoms with Gasteiger partial charge >= 0.3 is 6.09 Å². The number of carbonyl (C=O) groups is 2. The summed E-state index contributed by atoms with van der Waals surface area (Å²) in [5, 5.41) is 10.2. The number of fused-ring (bicyclic) bond motifs is 1. The van der Waals surface area contributed by atoms with Crippen molar-refractivity contribution in [2.75, 3.05) is 39.5 Å². The van der Waals surface area contributed by atoms with Crippen molar-refractivity contribution in [2.45, 2.75) is 31.8 Å². The van der Waals surface area contributed by atoms with E-state index in [1.165, 1.54) is 4.90 Å². The molecule has 1 aromatic carbocycles. The summed E-state index contributed by atoms with van der Waals surface area (Å²) in [6, 6.07) is 3.36. The van der Waals surface area contributed by atoms with Crippen LogP contribution in [0, 0.1) is 5.92 Å². The Bertz CT molecular complexity index is 765. The van der Waals surface area contributed by atoms with Crippen LogP contribution in [-0.2, 0) is 27.2 Å². The van der Waals surface area contributed by atoms with Crippen LogP contribution in [0.25, 0.3) is 0 Å². The molecule has 3 aliphatic heterocycles. The summed E-state index contributed by atoms with van der Waals surface area (Å²) in [5.41, 5.74) is 2.96. The average Bonchev–Trinajstić information content (AvgIpc) is 2.73. The van der Waals surface area contributed by atoms with E-state index in [1.807, 2.05) is 17.0 Å². The highest BCUT2D eigenvalue weighted by molar-refractivity contribution is 6.30. The standard InChI is InChI=1S/C20H25ClN2O5/c21-15-9-14-1-4-22(19(24)13-2-6-27-7-3-13)11-17(14)16(10-15)18-12-28-8-5-23(18)20(25)26/h9-10,13,18H,1-8,11-12H2,(H,25,26)/t18-/m0/s1. The van der Waals surface area contributed by atoms with Crippen molar-refractivity contribution in [1.82, 2.24) is 9.80 Å². The highest BCUT2D eigenvalue weighted by Crippen LogP contribution is 2.35. The van der Waals surface area contributed by atoms with Crippen molar-refractivity contribution in [3.05, 3.63) is 33.8 Å². The van der Waals surface area contributed by atoms with Gasteiger partial charge in [-0.1, -0.05) is 11.6 Å². The van der Waals surface area contributed by atoms with Gasteiger partial charge in [0.1, 0.15) is 0 Å².